The Balaban J connectivity index is 0.000000418. The van der Waals surface area contributed by atoms with Crippen LogP contribution in [0.4, 0.5) is 11.4 Å². The minimum atomic E-state index is -0.128. The zero-order valence-electron chi connectivity index (χ0n) is 41.1. The highest BCUT2D eigenvalue weighted by atomic mass is 16.3. The molecule has 0 atom stereocenters. The first kappa shape index (κ1) is 53.1. The number of carbonyl (C=O) groups excluding carboxylic acids is 1. The highest BCUT2D eigenvalue weighted by Crippen LogP contribution is 2.33. The summed E-state index contributed by atoms with van der Waals surface area (Å²) in [6.45, 7) is 17.8. The molecule has 0 aliphatic rings. The van der Waals surface area contributed by atoms with E-state index in [2.05, 4.69) is 84.9 Å². The normalized spacial score (nSPS) is 11.9. The highest BCUT2D eigenvalue weighted by Gasteiger charge is 2.14. The molecule has 2 N–H and O–H groups in total. The number of rotatable bonds is 29. The number of benzene rings is 4. The summed E-state index contributed by atoms with van der Waals surface area (Å²) in [6.07, 6.45) is 28.1. The van der Waals surface area contributed by atoms with Crippen LogP contribution in [0, 0.1) is 0 Å². The molecule has 4 aromatic rings. The van der Waals surface area contributed by atoms with E-state index in [9.17, 15) is 15.0 Å². The number of unbranched alkanes of at least 4 members (excludes halogenated alkanes) is 9. The zero-order chi connectivity index (χ0) is 45.8. The van der Waals surface area contributed by atoms with Crippen molar-refractivity contribution in [3.8, 4) is 11.5 Å². The lowest BCUT2D eigenvalue weighted by Crippen LogP contribution is -2.14. The summed E-state index contributed by atoms with van der Waals surface area (Å²) in [5, 5.41) is 21.0. The van der Waals surface area contributed by atoms with Gasteiger partial charge in [-0.1, -0.05) is 137 Å². The molecule has 0 heterocycles. The van der Waals surface area contributed by atoms with Crippen LogP contribution < -0.4 is 0 Å². The topological polar surface area (TPSA) is 82.2 Å². The van der Waals surface area contributed by atoms with Gasteiger partial charge in [-0.05, 0) is 170 Å². The van der Waals surface area contributed by atoms with Gasteiger partial charge in [0.1, 0.15) is 5.78 Å². The van der Waals surface area contributed by atoms with Crippen LogP contribution in [0.2, 0.25) is 0 Å². The van der Waals surface area contributed by atoms with Crippen molar-refractivity contribution in [3.63, 3.8) is 0 Å². The van der Waals surface area contributed by atoms with E-state index in [1.165, 1.54) is 130 Å². The number of aliphatic imine (C=N–C) groups is 2. The van der Waals surface area contributed by atoms with Crippen LogP contribution in [-0.2, 0) is 43.3 Å². The third kappa shape index (κ3) is 18.8. The summed E-state index contributed by atoms with van der Waals surface area (Å²) >= 11 is 0. The Morgan fingerprint density at radius 3 is 1.21 bits per heavy atom. The maximum atomic E-state index is 11.8. The van der Waals surface area contributed by atoms with Gasteiger partial charge in [-0.3, -0.25) is 14.8 Å². The van der Waals surface area contributed by atoms with Crippen LogP contribution in [-0.4, -0.2) is 27.4 Å². The van der Waals surface area contributed by atoms with E-state index >= 15 is 0 Å². The van der Waals surface area contributed by atoms with Gasteiger partial charge < -0.3 is 10.2 Å². The Kier molecular flexibility index (Phi) is 25.9. The number of aromatic hydroxyl groups is 2. The van der Waals surface area contributed by atoms with Crippen molar-refractivity contribution in [1.29, 1.82) is 0 Å². The van der Waals surface area contributed by atoms with Crippen LogP contribution in [0.3, 0.4) is 0 Å². The fourth-order valence-electron chi connectivity index (χ4n) is 8.21. The molecular formula is C58H86N2O3. The lowest BCUT2D eigenvalue weighted by atomic mass is 9.93. The van der Waals surface area contributed by atoms with Gasteiger partial charge in [-0.2, -0.15) is 0 Å². The molecule has 0 fully saturated rings. The van der Waals surface area contributed by atoms with E-state index in [-0.39, 0.29) is 17.3 Å². The molecule has 0 unspecified atom stereocenters. The number of aryl methyl sites for hydroxylation is 5. The molecule has 0 aliphatic carbocycles. The Labute approximate surface area is 384 Å². The number of hydrogen-bond donors (Lipinski definition) is 2. The predicted octanol–water partition coefficient (Wildman–Crippen LogP) is 17.2. The minimum Gasteiger partial charge on any atom is -0.504 e. The molecule has 0 amide bonds. The molecule has 0 aliphatic heterocycles. The van der Waals surface area contributed by atoms with Crippen molar-refractivity contribution in [3.05, 3.63) is 94.0 Å². The van der Waals surface area contributed by atoms with Gasteiger partial charge in [0.25, 0.3) is 0 Å². The van der Waals surface area contributed by atoms with Gasteiger partial charge in [0, 0.05) is 12.8 Å². The maximum absolute atomic E-state index is 11.8. The van der Waals surface area contributed by atoms with E-state index in [1.54, 1.807) is 12.1 Å². The van der Waals surface area contributed by atoms with Crippen LogP contribution >= 0.6 is 0 Å². The molecule has 4 rings (SSSR count). The number of phenols is 2. The van der Waals surface area contributed by atoms with E-state index in [0.29, 0.717) is 12.8 Å². The number of Topliss-reactive ketones (excluding diaryl/α,β-unsaturated/α-hetero) is 1. The monoisotopic (exact) mass is 859 g/mol. The lowest BCUT2D eigenvalue weighted by Gasteiger charge is -2.14. The quantitative estimate of drug-likeness (QED) is 0.0324. The molecule has 63 heavy (non-hydrogen) atoms. The number of fused-ring (bicyclic) bond motifs is 1. The average molecular weight is 859 g/mol. The Bertz CT molecular complexity index is 2010. The third-order valence-electron chi connectivity index (χ3n) is 12.3. The summed E-state index contributed by atoms with van der Waals surface area (Å²) < 4.78 is 0. The van der Waals surface area contributed by atoms with E-state index in [1.807, 2.05) is 19.1 Å². The second-order valence-electron chi connectivity index (χ2n) is 17.8. The van der Waals surface area contributed by atoms with Crippen LogP contribution in [0.1, 0.15) is 211 Å². The first-order chi connectivity index (χ1) is 30.6. The van der Waals surface area contributed by atoms with Crippen molar-refractivity contribution in [2.24, 2.45) is 9.98 Å². The molecule has 5 nitrogen and oxygen atoms in total. The standard InChI is InChI=1S/C40H64N2.C18H22O3/c1-7-13-19-20-26-40(42-38-30-28-34(22-15-9-3)36(32-38)24-17-11-5)39(25-18-12-6)41-37-29-27-33(21-14-8-2)35(31-37)23-16-10-4;1-3-5-6-12-7-14-10-17(20)18(21)11-15(14)8-13(12)9-16(19)4-2/h27-32H,7-26H2,1-6H3;7-8,10-11,20-21H,3-6,9H2,1-2H3. The van der Waals surface area contributed by atoms with Gasteiger partial charge in [0.15, 0.2) is 11.5 Å². The van der Waals surface area contributed by atoms with Crippen LogP contribution in [0.5, 0.6) is 11.5 Å². The molecule has 346 valence electrons. The molecule has 4 aromatic carbocycles. The van der Waals surface area contributed by atoms with Gasteiger partial charge in [-0.15, -0.1) is 0 Å². The zero-order valence-corrected chi connectivity index (χ0v) is 41.1. The first-order valence-corrected chi connectivity index (χ1v) is 25.5. The lowest BCUT2D eigenvalue weighted by molar-refractivity contribution is -0.118. The molecule has 0 saturated carbocycles. The summed E-state index contributed by atoms with van der Waals surface area (Å²) in [6, 6.07) is 21.2. The Morgan fingerprint density at radius 1 is 0.413 bits per heavy atom. The van der Waals surface area contributed by atoms with E-state index < -0.39 is 0 Å². The SMILES string of the molecule is CCCCCCC(=Nc1ccc(CCCC)c(CCCC)c1)C(CCCC)=Nc1ccc(CCCC)c(CCCC)c1.CCCCc1cc2cc(O)c(O)cc2cc1CC(=O)CC. The Hall–Kier alpha value is -4.25. The molecule has 0 radical (unpaired) electrons. The van der Waals surface area contributed by atoms with Crippen LogP contribution in [0.25, 0.3) is 10.8 Å². The molecule has 0 aromatic heterocycles. The molecule has 0 bridgehead atoms. The summed E-state index contributed by atoms with van der Waals surface area (Å²) in [7, 11) is 0. The van der Waals surface area contributed by atoms with Crippen LogP contribution in [0.15, 0.2) is 70.6 Å². The third-order valence-corrected chi connectivity index (χ3v) is 12.3. The van der Waals surface area contributed by atoms with Crippen molar-refractivity contribution >= 4 is 39.4 Å². The van der Waals surface area contributed by atoms with Crippen molar-refractivity contribution in [1.82, 2.24) is 0 Å². The number of ketones is 1. The summed E-state index contributed by atoms with van der Waals surface area (Å²) in [5.74, 6) is -0.0204. The molecule has 0 spiro atoms. The fraction of sp³-hybridized carbons (Fsp3) is 0.569. The van der Waals surface area contributed by atoms with E-state index in [4.69, 9.17) is 9.98 Å². The smallest absolute Gasteiger partial charge is 0.158 e. The van der Waals surface area contributed by atoms with Gasteiger partial charge >= 0.3 is 0 Å². The largest absolute Gasteiger partial charge is 0.504 e. The van der Waals surface area contributed by atoms with Crippen molar-refractivity contribution < 1.29 is 15.0 Å². The number of hydrogen-bond acceptors (Lipinski definition) is 5. The first-order valence-electron chi connectivity index (χ1n) is 25.5. The highest BCUT2D eigenvalue weighted by molar-refractivity contribution is 6.43. The van der Waals surface area contributed by atoms with Crippen molar-refractivity contribution in [2.75, 3.05) is 0 Å². The molecule has 0 saturated heterocycles. The second kappa shape index (κ2) is 30.8. The predicted molar refractivity (Wildman–Crippen MR) is 275 cm³/mol. The molecular weight excluding hydrogens is 773 g/mol. The van der Waals surface area contributed by atoms with Gasteiger partial charge in [0.05, 0.1) is 22.8 Å². The number of nitrogens with zero attached hydrogens (tertiary/aromatic N) is 2. The molecule has 5 heteroatoms. The Morgan fingerprint density at radius 2 is 0.794 bits per heavy atom. The maximum Gasteiger partial charge on any atom is 0.158 e. The number of carbonyl (C=O) groups is 1. The fourth-order valence-corrected chi connectivity index (χ4v) is 8.21. The average Bonchev–Trinajstić information content (AvgIpc) is 3.29. The minimum absolute atomic E-state index is 0.110. The number of phenolic OH excluding ortho intramolecular Hbond substituents is 2. The second-order valence-corrected chi connectivity index (χ2v) is 17.8. The summed E-state index contributed by atoms with van der Waals surface area (Å²) in [4.78, 5) is 22.6. The van der Waals surface area contributed by atoms with E-state index in [0.717, 1.165) is 84.6 Å². The van der Waals surface area contributed by atoms with Crippen molar-refractivity contribution in [2.45, 2.75) is 216 Å². The van der Waals surface area contributed by atoms with Gasteiger partial charge in [-0.25, -0.2) is 0 Å². The van der Waals surface area contributed by atoms with Gasteiger partial charge in [0.2, 0.25) is 0 Å². The summed E-state index contributed by atoms with van der Waals surface area (Å²) in [5.41, 5.74) is 12.9.